The van der Waals surface area contributed by atoms with Crippen LogP contribution in [0.15, 0.2) is 42.5 Å². The number of anilines is 1. The van der Waals surface area contributed by atoms with Crippen LogP contribution in [-0.2, 0) is 0 Å². The third kappa shape index (κ3) is 3.27. The molecule has 0 saturated carbocycles. The van der Waals surface area contributed by atoms with E-state index in [1.54, 1.807) is 0 Å². The first-order valence-corrected chi connectivity index (χ1v) is 6.76. The Kier molecular flexibility index (Phi) is 4.43. The number of benzene rings is 2. The Hall–Kier alpha value is -1.54. The first kappa shape index (κ1) is 13.9. The fraction of sp³-hybridized carbons (Fsp3) is 0.250. The van der Waals surface area contributed by atoms with E-state index in [0.29, 0.717) is 5.02 Å². The van der Waals surface area contributed by atoms with Crippen molar-refractivity contribution >= 4 is 17.3 Å². The number of halogens is 2. The maximum absolute atomic E-state index is 13.0. The number of para-hydroxylation sites is 1. The predicted molar refractivity (Wildman–Crippen MR) is 79.2 cm³/mol. The highest BCUT2D eigenvalue weighted by atomic mass is 35.5. The number of rotatable bonds is 4. The Morgan fingerprint density at radius 1 is 1.16 bits per heavy atom. The van der Waals surface area contributed by atoms with Gasteiger partial charge in [0, 0.05) is 0 Å². The van der Waals surface area contributed by atoms with Crippen LogP contribution in [-0.4, -0.2) is 0 Å². The summed E-state index contributed by atoms with van der Waals surface area (Å²) in [6.07, 6.45) is 0.899. The van der Waals surface area contributed by atoms with Gasteiger partial charge in [0.25, 0.3) is 0 Å². The molecule has 0 aliphatic heterocycles. The van der Waals surface area contributed by atoms with Crippen LogP contribution >= 0.6 is 11.6 Å². The Balaban J connectivity index is 2.26. The van der Waals surface area contributed by atoms with E-state index in [1.807, 2.05) is 37.3 Å². The minimum Gasteiger partial charge on any atom is -0.377 e. The number of hydrogen-bond acceptors (Lipinski definition) is 1. The van der Waals surface area contributed by atoms with Crippen LogP contribution in [0, 0.1) is 12.7 Å². The fourth-order valence-corrected chi connectivity index (χ4v) is 2.38. The zero-order valence-electron chi connectivity index (χ0n) is 11.1. The second kappa shape index (κ2) is 6.07. The zero-order valence-corrected chi connectivity index (χ0v) is 11.8. The fourth-order valence-electron chi connectivity index (χ4n) is 2.11. The van der Waals surface area contributed by atoms with Gasteiger partial charge in [0.2, 0.25) is 0 Å². The van der Waals surface area contributed by atoms with Gasteiger partial charge in [-0.25, -0.2) is 4.39 Å². The van der Waals surface area contributed by atoms with Crippen LogP contribution in [0.5, 0.6) is 0 Å². The molecule has 0 bridgehead atoms. The number of aryl methyl sites for hydroxylation is 1. The first-order valence-electron chi connectivity index (χ1n) is 6.39. The molecule has 0 fully saturated rings. The van der Waals surface area contributed by atoms with Gasteiger partial charge < -0.3 is 5.32 Å². The lowest BCUT2D eigenvalue weighted by molar-refractivity contribution is 0.625. The molecule has 0 radical (unpaired) electrons. The maximum atomic E-state index is 13.0. The molecule has 1 atom stereocenters. The summed E-state index contributed by atoms with van der Waals surface area (Å²) in [6, 6.07) is 12.5. The smallest absolute Gasteiger partial charge is 0.123 e. The van der Waals surface area contributed by atoms with Gasteiger partial charge in [-0.1, -0.05) is 42.8 Å². The molecule has 0 spiro atoms. The lowest BCUT2D eigenvalue weighted by atomic mass is 10.0. The molecule has 1 nitrogen and oxygen atoms in total. The van der Waals surface area contributed by atoms with Crippen molar-refractivity contribution in [1.29, 1.82) is 0 Å². The van der Waals surface area contributed by atoms with Gasteiger partial charge in [-0.05, 0) is 42.7 Å². The molecular weight excluding hydrogens is 261 g/mol. The van der Waals surface area contributed by atoms with Gasteiger partial charge in [-0.3, -0.25) is 0 Å². The lowest BCUT2D eigenvalue weighted by Gasteiger charge is -2.21. The molecule has 3 heteroatoms. The average molecular weight is 278 g/mol. The van der Waals surface area contributed by atoms with Crippen molar-refractivity contribution in [3.8, 4) is 0 Å². The van der Waals surface area contributed by atoms with Gasteiger partial charge in [-0.2, -0.15) is 0 Å². The Bertz CT molecular complexity index is 531. The summed E-state index contributed by atoms with van der Waals surface area (Å²) < 4.78 is 13.0. The largest absolute Gasteiger partial charge is 0.377 e. The summed E-state index contributed by atoms with van der Waals surface area (Å²) in [7, 11) is 0. The first-order chi connectivity index (χ1) is 9.11. The molecule has 1 unspecified atom stereocenters. The molecule has 2 rings (SSSR count). The molecule has 0 amide bonds. The molecule has 0 aliphatic carbocycles. The Labute approximate surface area is 118 Å². The zero-order chi connectivity index (χ0) is 13.8. The highest BCUT2D eigenvalue weighted by molar-refractivity contribution is 6.33. The van der Waals surface area contributed by atoms with Crippen LogP contribution in [0.2, 0.25) is 5.02 Å². The second-order valence-corrected chi connectivity index (χ2v) is 5.00. The van der Waals surface area contributed by atoms with Crippen LogP contribution in [0.25, 0.3) is 0 Å². The molecule has 100 valence electrons. The molecule has 19 heavy (non-hydrogen) atoms. The summed E-state index contributed by atoms with van der Waals surface area (Å²) in [5.74, 6) is -0.215. The van der Waals surface area contributed by atoms with E-state index in [4.69, 9.17) is 11.6 Å². The standard InChI is InChI=1S/C16H17ClFN/c1-3-15(12-7-9-13(18)10-8-12)19-16-11(2)5-4-6-14(16)17/h4-10,15,19H,3H2,1-2H3. The van der Waals surface area contributed by atoms with Gasteiger partial charge in [0.05, 0.1) is 16.8 Å². The summed E-state index contributed by atoms with van der Waals surface area (Å²) in [5, 5.41) is 4.16. The Morgan fingerprint density at radius 3 is 2.42 bits per heavy atom. The van der Waals surface area contributed by atoms with E-state index >= 15 is 0 Å². The van der Waals surface area contributed by atoms with E-state index in [9.17, 15) is 4.39 Å². The minimum absolute atomic E-state index is 0.124. The van der Waals surface area contributed by atoms with E-state index in [0.717, 1.165) is 23.2 Å². The van der Waals surface area contributed by atoms with Crippen molar-refractivity contribution in [1.82, 2.24) is 0 Å². The summed E-state index contributed by atoms with van der Waals surface area (Å²) in [6.45, 7) is 4.11. The highest BCUT2D eigenvalue weighted by Crippen LogP contribution is 2.30. The second-order valence-electron chi connectivity index (χ2n) is 4.59. The van der Waals surface area contributed by atoms with Crippen molar-refractivity contribution in [2.75, 3.05) is 5.32 Å². The molecule has 0 aliphatic rings. The third-order valence-corrected chi connectivity index (χ3v) is 3.54. The molecule has 0 heterocycles. The summed E-state index contributed by atoms with van der Waals surface area (Å²) in [5.41, 5.74) is 3.11. The van der Waals surface area contributed by atoms with Gasteiger partial charge in [0.15, 0.2) is 0 Å². The molecule has 2 aromatic rings. The van der Waals surface area contributed by atoms with Gasteiger partial charge >= 0.3 is 0 Å². The van der Waals surface area contributed by atoms with Crippen molar-refractivity contribution in [2.45, 2.75) is 26.3 Å². The molecule has 0 saturated heterocycles. The van der Waals surface area contributed by atoms with E-state index in [-0.39, 0.29) is 11.9 Å². The average Bonchev–Trinajstić information content (AvgIpc) is 2.40. The molecule has 0 aromatic heterocycles. The number of hydrogen-bond donors (Lipinski definition) is 1. The molecular formula is C16H17ClFN. The van der Waals surface area contributed by atoms with Crippen LogP contribution in [0.3, 0.4) is 0 Å². The number of nitrogens with one attached hydrogen (secondary N) is 1. The lowest BCUT2D eigenvalue weighted by Crippen LogP contribution is -2.11. The van der Waals surface area contributed by atoms with E-state index in [2.05, 4.69) is 12.2 Å². The topological polar surface area (TPSA) is 12.0 Å². The van der Waals surface area contributed by atoms with Crippen molar-refractivity contribution < 1.29 is 4.39 Å². The SMILES string of the molecule is CCC(Nc1c(C)cccc1Cl)c1ccc(F)cc1. The van der Waals surface area contributed by atoms with E-state index < -0.39 is 0 Å². The van der Waals surface area contributed by atoms with Gasteiger partial charge in [0.1, 0.15) is 5.82 Å². The maximum Gasteiger partial charge on any atom is 0.123 e. The predicted octanol–water partition coefficient (Wildman–Crippen LogP) is 5.35. The monoisotopic (exact) mass is 277 g/mol. The van der Waals surface area contributed by atoms with Gasteiger partial charge in [-0.15, -0.1) is 0 Å². The quantitative estimate of drug-likeness (QED) is 0.794. The van der Waals surface area contributed by atoms with E-state index in [1.165, 1.54) is 12.1 Å². The minimum atomic E-state index is -0.215. The van der Waals surface area contributed by atoms with Crippen molar-refractivity contribution in [3.05, 3.63) is 64.4 Å². The van der Waals surface area contributed by atoms with Crippen LogP contribution in [0.4, 0.5) is 10.1 Å². The third-order valence-electron chi connectivity index (χ3n) is 3.22. The summed E-state index contributed by atoms with van der Waals surface area (Å²) in [4.78, 5) is 0. The molecule has 2 aromatic carbocycles. The van der Waals surface area contributed by atoms with Crippen molar-refractivity contribution in [3.63, 3.8) is 0 Å². The van der Waals surface area contributed by atoms with Crippen molar-refractivity contribution in [2.24, 2.45) is 0 Å². The molecule has 1 N–H and O–H groups in total. The highest BCUT2D eigenvalue weighted by Gasteiger charge is 2.12. The summed E-state index contributed by atoms with van der Waals surface area (Å²) >= 11 is 6.22. The normalized spacial score (nSPS) is 12.2. The van der Waals surface area contributed by atoms with Crippen LogP contribution < -0.4 is 5.32 Å². The Morgan fingerprint density at radius 2 is 1.84 bits per heavy atom. The van der Waals surface area contributed by atoms with Crippen LogP contribution in [0.1, 0.15) is 30.5 Å².